The van der Waals surface area contributed by atoms with Crippen LogP contribution in [0.3, 0.4) is 0 Å². The zero-order valence-electron chi connectivity index (χ0n) is 25.3. The fourth-order valence-corrected chi connectivity index (χ4v) is 7.18. The molecule has 44 heavy (non-hydrogen) atoms. The second-order valence-electron chi connectivity index (χ2n) is 11.8. The number of carbonyl (C=O) groups excluding carboxylic acids is 4. The lowest BCUT2D eigenvalue weighted by Crippen LogP contribution is -2.39. The Labute approximate surface area is 265 Å². The average Bonchev–Trinajstić information content (AvgIpc) is 3.77. The maximum atomic E-state index is 14.0. The molecule has 2 heterocycles. The predicted molar refractivity (Wildman–Crippen MR) is 172 cm³/mol. The van der Waals surface area contributed by atoms with Crippen LogP contribution < -0.4 is 10.6 Å². The maximum absolute atomic E-state index is 14.0. The molecule has 1 unspecified atom stereocenters. The highest BCUT2D eigenvalue weighted by atomic mass is 32.2. The lowest BCUT2D eigenvalue weighted by molar-refractivity contribution is -0.117. The SMILES string of the molecule is CCOC(=O)c1c(NC(=O)C(Sc2cccc(NC(=O)C3CC3)c2)c2ccccc2)sc2c1CCN(C(=O)OC(C)(C)C)C2. The van der Waals surface area contributed by atoms with Crippen LogP contribution in [0.1, 0.15) is 72.1 Å². The van der Waals surface area contributed by atoms with Gasteiger partial charge in [-0.25, -0.2) is 9.59 Å². The van der Waals surface area contributed by atoms with Gasteiger partial charge >= 0.3 is 12.1 Å². The number of nitrogens with one attached hydrogen (secondary N) is 2. The molecule has 1 fully saturated rings. The van der Waals surface area contributed by atoms with E-state index in [0.29, 0.717) is 29.2 Å². The first-order valence-electron chi connectivity index (χ1n) is 14.8. The molecule has 2 aliphatic rings. The molecule has 0 spiro atoms. The van der Waals surface area contributed by atoms with Crippen LogP contribution in [0.2, 0.25) is 0 Å². The highest BCUT2D eigenvalue weighted by Crippen LogP contribution is 2.41. The summed E-state index contributed by atoms with van der Waals surface area (Å²) in [5, 5.41) is 5.75. The quantitative estimate of drug-likeness (QED) is 0.192. The molecule has 2 aromatic carbocycles. The molecule has 9 nitrogen and oxygen atoms in total. The van der Waals surface area contributed by atoms with E-state index in [4.69, 9.17) is 9.47 Å². The summed E-state index contributed by atoms with van der Waals surface area (Å²) < 4.78 is 11.0. The van der Waals surface area contributed by atoms with Crippen LogP contribution >= 0.6 is 23.1 Å². The van der Waals surface area contributed by atoms with Gasteiger partial charge in [0.05, 0.1) is 18.7 Å². The zero-order chi connectivity index (χ0) is 31.4. The summed E-state index contributed by atoms with van der Waals surface area (Å²) in [6, 6.07) is 16.9. The average molecular weight is 636 g/mol. The van der Waals surface area contributed by atoms with Crippen molar-refractivity contribution in [1.29, 1.82) is 0 Å². The van der Waals surface area contributed by atoms with Gasteiger partial charge in [0.2, 0.25) is 11.8 Å². The number of esters is 1. The Morgan fingerprint density at radius 2 is 1.80 bits per heavy atom. The van der Waals surface area contributed by atoms with Gasteiger partial charge in [0.25, 0.3) is 0 Å². The van der Waals surface area contributed by atoms with Crippen LogP contribution in [0.15, 0.2) is 59.5 Å². The van der Waals surface area contributed by atoms with Crippen molar-refractivity contribution >= 4 is 57.7 Å². The van der Waals surface area contributed by atoms with Crippen molar-refractivity contribution in [3.05, 3.63) is 76.2 Å². The second kappa shape index (κ2) is 13.4. The van der Waals surface area contributed by atoms with Crippen LogP contribution in [0.5, 0.6) is 0 Å². The topological polar surface area (TPSA) is 114 Å². The van der Waals surface area contributed by atoms with E-state index in [1.54, 1.807) is 11.8 Å². The van der Waals surface area contributed by atoms with Crippen molar-refractivity contribution in [2.75, 3.05) is 23.8 Å². The molecule has 0 saturated heterocycles. The summed E-state index contributed by atoms with van der Waals surface area (Å²) in [5.41, 5.74) is 1.97. The van der Waals surface area contributed by atoms with E-state index >= 15 is 0 Å². The van der Waals surface area contributed by atoms with E-state index in [-0.39, 0.29) is 30.9 Å². The Morgan fingerprint density at radius 1 is 1.05 bits per heavy atom. The molecule has 1 saturated carbocycles. The second-order valence-corrected chi connectivity index (χ2v) is 14.1. The van der Waals surface area contributed by atoms with Gasteiger partial charge in [-0.2, -0.15) is 0 Å². The monoisotopic (exact) mass is 635 g/mol. The zero-order valence-corrected chi connectivity index (χ0v) is 26.9. The molecule has 1 aliphatic heterocycles. The summed E-state index contributed by atoms with van der Waals surface area (Å²) in [4.78, 5) is 55.6. The number of anilines is 2. The number of ether oxygens (including phenoxy) is 2. The molecule has 11 heteroatoms. The molecular formula is C33H37N3O6S2. The van der Waals surface area contributed by atoms with E-state index in [0.717, 1.165) is 33.7 Å². The number of fused-ring (bicyclic) bond motifs is 1. The van der Waals surface area contributed by atoms with Crippen LogP contribution in [-0.4, -0.2) is 47.5 Å². The molecule has 0 bridgehead atoms. The van der Waals surface area contributed by atoms with Crippen molar-refractivity contribution in [1.82, 2.24) is 4.90 Å². The van der Waals surface area contributed by atoms with E-state index in [1.807, 2.05) is 75.4 Å². The predicted octanol–water partition coefficient (Wildman–Crippen LogP) is 7.04. The number of hydrogen-bond donors (Lipinski definition) is 2. The number of amides is 3. The van der Waals surface area contributed by atoms with Gasteiger partial charge in [0.15, 0.2) is 0 Å². The van der Waals surface area contributed by atoms with Gasteiger partial charge < -0.3 is 25.0 Å². The standard InChI is InChI=1S/C33H37N3O6S2/c1-5-41-31(39)26-24-16-17-36(32(40)42-33(2,3)4)19-25(24)44-30(26)35-29(38)27(20-10-7-6-8-11-20)43-23-13-9-12-22(18-23)34-28(37)21-14-15-21/h6-13,18,21,27H,5,14-17,19H2,1-4H3,(H,34,37)(H,35,38). The molecule has 5 rings (SSSR count). The Morgan fingerprint density at radius 3 is 2.48 bits per heavy atom. The number of rotatable bonds is 9. The summed E-state index contributed by atoms with van der Waals surface area (Å²) in [6.07, 6.45) is 1.84. The molecule has 1 atom stereocenters. The van der Waals surface area contributed by atoms with Crippen LogP contribution in [0.4, 0.5) is 15.5 Å². The molecule has 2 N–H and O–H groups in total. The Balaban J connectivity index is 1.41. The third-order valence-corrected chi connectivity index (χ3v) is 9.45. The van der Waals surface area contributed by atoms with Crippen molar-refractivity contribution in [3.8, 4) is 0 Å². The lowest BCUT2D eigenvalue weighted by Gasteiger charge is -2.30. The smallest absolute Gasteiger partial charge is 0.410 e. The van der Waals surface area contributed by atoms with Crippen molar-refractivity contribution < 1.29 is 28.7 Å². The fraction of sp³-hybridized carbons (Fsp3) is 0.394. The van der Waals surface area contributed by atoms with Gasteiger partial charge in [-0.15, -0.1) is 23.1 Å². The number of nitrogens with zero attached hydrogens (tertiary/aromatic N) is 1. The molecule has 3 amide bonds. The summed E-state index contributed by atoms with van der Waals surface area (Å²) in [7, 11) is 0. The number of carbonyl (C=O) groups is 4. The molecule has 1 aromatic heterocycles. The third-order valence-electron chi connectivity index (χ3n) is 7.07. The first-order valence-corrected chi connectivity index (χ1v) is 16.4. The van der Waals surface area contributed by atoms with Crippen molar-refractivity contribution in [3.63, 3.8) is 0 Å². The summed E-state index contributed by atoms with van der Waals surface area (Å²) in [5.74, 6) is -0.714. The minimum Gasteiger partial charge on any atom is -0.462 e. The minimum absolute atomic E-state index is 0.0166. The summed E-state index contributed by atoms with van der Waals surface area (Å²) in [6.45, 7) is 8.04. The van der Waals surface area contributed by atoms with Gasteiger partial charge in [-0.3, -0.25) is 9.59 Å². The van der Waals surface area contributed by atoms with E-state index in [2.05, 4.69) is 10.6 Å². The maximum Gasteiger partial charge on any atom is 0.410 e. The number of benzene rings is 2. The first kappa shape index (κ1) is 31.6. The van der Waals surface area contributed by atoms with Crippen molar-refractivity contribution in [2.45, 2.75) is 69.2 Å². The normalized spacial score (nSPS) is 15.1. The minimum atomic E-state index is -0.655. The van der Waals surface area contributed by atoms with Crippen LogP contribution in [-0.2, 0) is 32.0 Å². The molecule has 0 radical (unpaired) electrons. The summed E-state index contributed by atoms with van der Waals surface area (Å²) >= 11 is 2.64. The van der Waals surface area contributed by atoms with E-state index in [1.165, 1.54) is 23.1 Å². The van der Waals surface area contributed by atoms with Crippen molar-refractivity contribution in [2.24, 2.45) is 5.92 Å². The third kappa shape index (κ3) is 7.81. The Hall–Kier alpha value is -3.83. The number of thiophene rings is 1. The van der Waals surface area contributed by atoms with Gasteiger partial charge in [-0.05, 0) is 76.3 Å². The highest BCUT2D eigenvalue weighted by Gasteiger charge is 2.34. The van der Waals surface area contributed by atoms with Crippen LogP contribution in [0.25, 0.3) is 0 Å². The lowest BCUT2D eigenvalue weighted by atomic mass is 10.0. The first-order chi connectivity index (χ1) is 21.0. The van der Waals surface area contributed by atoms with Gasteiger partial charge in [-0.1, -0.05) is 36.4 Å². The molecule has 1 aliphatic carbocycles. The molecule has 232 valence electrons. The molecular weight excluding hydrogens is 599 g/mol. The van der Waals surface area contributed by atoms with Crippen LogP contribution in [0, 0.1) is 5.92 Å². The van der Waals surface area contributed by atoms with Gasteiger partial charge in [0, 0.05) is 27.9 Å². The Bertz CT molecular complexity index is 1540. The molecule has 3 aromatic rings. The number of thioether (sulfide) groups is 1. The fourth-order valence-electron chi connectivity index (χ4n) is 4.84. The van der Waals surface area contributed by atoms with E-state index in [9.17, 15) is 19.2 Å². The Kier molecular flexibility index (Phi) is 9.65. The van der Waals surface area contributed by atoms with Gasteiger partial charge in [0.1, 0.15) is 15.9 Å². The largest absolute Gasteiger partial charge is 0.462 e. The number of hydrogen-bond acceptors (Lipinski definition) is 8. The highest BCUT2D eigenvalue weighted by molar-refractivity contribution is 8.00. The van der Waals surface area contributed by atoms with E-state index < -0.39 is 22.9 Å².